The summed E-state index contributed by atoms with van der Waals surface area (Å²) < 4.78 is 19.5. The van der Waals surface area contributed by atoms with Gasteiger partial charge in [-0.25, -0.2) is 4.39 Å². The van der Waals surface area contributed by atoms with Crippen LogP contribution in [-0.4, -0.2) is 18.1 Å². The number of rotatable bonds is 4. The van der Waals surface area contributed by atoms with Gasteiger partial charge in [-0.3, -0.25) is 0 Å². The van der Waals surface area contributed by atoms with E-state index >= 15 is 0 Å². The summed E-state index contributed by atoms with van der Waals surface area (Å²) in [4.78, 5) is 1.96. The molecule has 20 heavy (non-hydrogen) atoms. The van der Waals surface area contributed by atoms with Crippen LogP contribution in [0.4, 0.5) is 4.39 Å². The zero-order chi connectivity index (χ0) is 14.5. The Hall–Kier alpha value is -2.47. The Morgan fingerprint density at radius 3 is 2.90 bits per heavy atom. The number of likely N-dealkylation sites (N-methyl/N-ethyl adjacent to an activating group) is 1. The lowest BCUT2D eigenvalue weighted by Gasteiger charge is -2.29. The molecule has 0 saturated heterocycles. The molecule has 102 valence electrons. The zero-order valence-corrected chi connectivity index (χ0v) is 11.4. The first-order valence-electron chi connectivity index (χ1n) is 6.38. The van der Waals surface area contributed by atoms with Crippen LogP contribution in [0.2, 0.25) is 0 Å². The third kappa shape index (κ3) is 2.75. The molecular formula is C17H16FNO. The molecule has 0 radical (unpaired) electrons. The summed E-state index contributed by atoms with van der Waals surface area (Å²) in [5.41, 5.74) is 2.16. The average molecular weight is 269 g/mol. The minimum atomic E-state index is -0.340. The fourth-order valence-corrected chi connectivity index (χ4v) is 2.11. The van der Waals surface area contributed by atoms with Crippen LogP contribution in [0.1, 0.15) is 12.5 Å². The highest BCUT2D eigenvalue weighted by Gasteiger charge is 2.17. The predicted molar refractivity (Wildman–Crippen MR) is 79.4 cm³/mol. The van der Waals surface area contributed by atoms with E-state index in [1.807, 2.05) is 30.1 Å². The van der Waals surface area contributed by atoms with Gasteiger partial charge in [-0.05, 0) is 31.2 Å². The molecule has 0 N–H and O–H groups in total. The van der Waals surface area contributed by atoms with Crippen LogP contribution >= 0.6 is 0 Å². The van der Waals surface area contributed by atoms with Crippen molar-refractivity contribution in [1.29, 1.82) is 0 Å². The van der Waals surface area contributed by atoms with Gasteiger partial charge in [0.05, 0.1) is 5.70 Å². The molecule has 0 saturated carbocycles. The number of ether oxygens (including phenoxy) is 1. The molecule has 1 heterocycles. The molecule has 2 rings (SSSR count). The number of hydrogen-bond acceptors (Lipinski definition) is 2. The van der Waals surface area contributed by atoms with Gasteiger partial charge in [0.15, 0.2) is 0 Å². The van der Waals surface area contributed by atoms with E-state index in [4.69, 9.17) is 11.2 Å². The monoisotopic (exact) mass is 269 g/mol. The molecule has 0 spiro atoms. The Balaban J connectivity index is 2.33. The first-order chi connectivity index (χ1) is 9.67. The highest BCUT2D eigenvalue weighted by atomic mass is 19.1. The van der Waals surface area contributed by atoms with Crippen LogP contribution in [0.25, 0.3) is 5.70 Å². The molecule has 2 nitrogen and oxygen atoms in total. The van der Waals surface area contributed by atoms with Crippen molar-refractivity contribution in [3.8, 4) is 18.1 Å². The Labute approximate surface area is 118 Å². The maximum atomic E-state index is 14.2. The van der Waals surface area contributed by atoms with Gasteiger partial charge in [-0.2, -0.15) is 0 Å². The van der Waals surface area contributed by atoms with E-state index in [0.29, 0.717) is 11.3 Å². The molecule has 0 amide bonds. The number of nitrogens with zero attached hydrogens (tertiary/aromatic N) is 1. The quantitative estimate of drug-likeness (QED) is 0.775. The van der Waals surface area contributed by atoms with Gasteiger partial charge in [0.2, 0.25) is 0 Å². The normalized spacial score (nSPS) is 13.9. The predicted octanol–water partition coefficient (Wildman–Crippen LogP) is 3.58. The summed E-state index contributed by atoms with van der Waals surface area (Å²) in [5, 5.41) is 0. The van der Waals surface area contributed by atoms with Gasteiger partial charge >= 0.3 is 0 Å². The number of benzene rings is 1. The van der Waals surface area contributed by atoms with Gasteiger partial charge in [0.25, 0.3) is 0 Å². The topological polar surface area (TPSA) is 12.5 Å². The van der Waals surface area contributed by atoms with Crippen molar-refractivity contribution in [3.63, 3.8) is 0 Å². The van der Waals surface area contributed by atoms with Crippen molar-refractivity contribution in [2.24, 2.45) is 0 Å². The maximum absolute atomic E-state index is 14.2. The van der Waals surface area contributed by atoms with E-state index in [1.54, 1.807) is 12.1 Å². The number of allylic oxidation sites excluding steroid dienone is 3. The summed E-state index contributed by atoms with van der Waals surface area (Å²) in [7, 11) is 0. The van der Waals surface area contributed by atoms with Crippen LogP contribution in [0.5, 0.6) is 5.75 Å². The summed E-state index contributed by atoms with van der Waals surface area (Å²) >= 11 is 0. The van der Waals surface area contributed by atoms with Crippen molar-refractivity contribution >= 4 is 5.70 Å². The van der Waals surface area contributed by atoms with Crippen molar-refractivity contribution in [1.82, 2.24) is 4.90 Å². The fraction of sp³-hybridized carbons (Fsp3) is 0.176. The van der Waals surface area contributed by atoms with Crippen LogP contribution in [0.3, 0.4) is 0 Å². The zero-order valence-electron chi connectivity index (χ0n) is 11.4. The number of terminal acetylenes is 1. The second kappa shape index (κ2) is 6.12. The van der Waals surface area contributed by atoms with Crippen LogP contribution in [0, 0.1) is 18.2 Å². The SMILES string of the molecule is C#CCOc1ccc(C2=CC=CC(=C)N2CC)c(F)c1. The lowest BCUT2D eigenvalue weighted by atomic mass is 10.1. The standard InChI is InChI=1S/C17H16FNO/c1-4-11-20-14-9-10-15(16(18)12-14)17-8-6-7-13(3)19(17)5-2/h1,6-10,12H,3,5,11H2,2H3. The van der Waals surface area contributed by atoms with E-state index in [-0.39, 0.29) is 12.4 Å². The summed E-state index contributed by atoms with van der Waals surface area (Å²) in [6.45, 7) is 6.81. The first-order valence-corrected chi connectivity index (χ1v) is 6.38. The molecule has 0 bridgehead atoms. The lowest BCUT2D eigenvalue weighted by molar-refractivity contribution is 0.367. The molecule has 0 atom stereocenters. The smallest absolute Gasteiger partial charge is 0.148 e. The third-order valence-electron chi connectivity index (χ3n) is 3.04. The molecule has 1 aromatic rings. The van der Waals surface area contributed by atoms with E-state index in [0.717, 1.165) is 17.9 Å². The highest BCUT2D eigenvalue weighted by Crippen LogP contribution is 2.30. The molecule has 0 aromatic heterocycles. The van der Waals surface area contributed by atoms with E-state index in [1.165, 1.54) is 6.07 Å². The Kier molecular flexibility index (Phi) is 4.27. The van der Waals surface area contributed by atoms with Crippen LogP contribution < -0.4 is 4.74 Å². The van der Waals surface area contributed by atoms with Gasteiger partial charge in [-0.1, -0.05) is 18.6 Å². The van der Waals surface area contributed by atoms with Gasteiger partial charge < -0.3 is 9.64 Å². The van der Waals surface area contributed by atoms with Crippen LogP contribution in [0.15, 0.2) is 48.7 Å². The molecule has 3 heteroatoms. The minimum absolute atomic E-state index is 0.127. The molecule has 0 unspecified atom stereocenters. The summed E-state index contributed by atoms with van der Waals surface area (Å²) in [6, 6.07) is 4.76. The Morgan fingerprint density at radius 2 is 2.25 bits per heavy atom. The van der Waals surface area contributed by atoms with Crippen molar-refractivity contribution in [3.05, 3.63) is 60.1 Å². The molecular weight excluding hydrogens is 253 g/mol. The Morgan fingerprint density at radius 1 is 1.45 bits per heavy atom. The summed E-state index contributed by atoms with van der Waals surface area (Å²) in [5.74, 6) is 2.44. The third-order valence-corrected chi connectivity index (χ3v) is 3.04. The molecule has 1 aromatic carbocycles. The first kappa shape index (κ1) is 14.0. The van der Waals surface area contributed by atoms with Crippen molar-refractivity contribution in [2.45, 2.75) is 6.92 Å². The largest absolute Gasteiger partial charge is 0.481 e. The summed E-state index contributed by atoms with van der Waals surface area (Å²) in [6.07, 6.45) is 10.7. The molecule has 0 aliphatic carbocycles. The number of halogens is 1. The Bertz CT molecular complexity index is 622. The average Bonchev–Trinajstić information content (AvgIpc) is 2.45. The van der Waals surface area contributed by atoms with E-state index in [2.05, 4.69) is 12.5 Å². The van der Waals surface area contributed by atoms with E-state index < -0.39 is 0 Å². The second-order valence-electron chi connectivity index (χ2n) is 4.28. The van der Waals surface area contributed by atoms with Gasteiger partial charge in [0, 0.05) is 23.9 Å². The van der Waals surface area contributed by atoms with E-state index in [9.17, 15) is 4.39 Å². The minimum Gasteiger partial charge on any atom is -0.481 e. The van der Waals surface area contributed by atoms with Crippen LogP contribution in [-0.2, 0) is 0 Å². The fourth-order valence-electron chi connectivity index (χ4n) is 2.11. The van der Waals surface area contributed by atoms with Crippen molar-refractivity contribution < 1.29 is 9.13 Å². The van der Waals surface area contributed by atoms with Crippen molar-refractivity contribution in [2.75, 3.05) is 13.2 Å². The number of hydrogen-bond donors (Lipinski definition) is 0. The maximum Gasteiger partial charge on any atom is 0.148 e. The second-order valence-corrected chi connectivity index (χ2v) is 4.28. The molecule has 0 fully saturated rings. The van der Waals surface area contributed by atoms with Gasteiger partial charge in [-0.15, -0.1) is 6.42 Å². The molecule has 1 aliphatic heterocycles. The highest BCUT2D eigenvalue weighted by molar-refractivity contribution is 5.70. The van der Waals surface area contributed by atoms with Gasteiger partial charge in [0.1, 0.15) is 18.2 Å². The lowest BCUT2D eigenvalue weighted by Crippen LogP contribution is -2.21. The molecule has 1 aliphatic rings.